The molecule has 1 aromatic carbocycles. The average molecular weight is 319 g/mol. The molecule has 2 nitrogen and oxygen atoms in total. The van der Waals surface area contributed by atoms with Gasteiger partial charge in [0.15, 0.2) is 0 Å². The van der Waals surface area contributed by atoms with Crippen molar-refractivity contribution in [2.24, 2.45) is 5.92 Å². The van der Waals surface area contributed by atoms with Gasteiger partial charge in [0.05, 0.1) is 5.52 Å². The topological polar surface area (TPSA) is 16.1 Å². The molecular formula is C16H19BrN2. The van der Waals surface area contributed by atoms with Gasteiger partial charge in [0.1, 0.15) is 0 Å². The van der Waals surface area contributed by atoms with Crippen LogP contribution >= 0.6 is 15.9 Å². The first-order valence-electron chi connectivity index (χ1n) is 6.91. The largest absolute Gasteiger partial charge is 0.295 e. The molecule has 1 aliphatic heterocycles. The van der Waals surface area contributed by atoms with E-state index in [0.717, 1.165) is 23.3 Å². The number of alkyl halides is 1. The average Bonchev–Trinajstić information content (AvgIpc) is 2.79. The van der Waals surface area contributed by atoms with Crippen molar-refractivity contribution in [3.05, 3.63) is 42.1 Å². The number of hydrogen-bond acceptors (Lipinski definition) is 2. The van der Waals surface area contributed by atoms with E-state index >= 15 is 0 Å². The number of hydrogen-bond donors (Lipinski definition) is 0. The fourth-order valence-corrected chi connectivity index (χ4v) is 4.04. The predicted octanol–water partition coefficient (Wildman–Crippen LogP) is 3.84. The van der Waals surface area contributed by atoms with Crippen molar-refractivity contribution in [3.63, 3.8) is 0 Å². The van der Waals surface area contributed by atoms with Crippen LogP contribution in [0.4, 0.5) is 0 Å². The van der Waals surface area contributed by atoms with E-state index in [2.05, 4.69) is 57.0 Å². The molecule has 3 rings (SSSR count). The Balaban J connectivity index is 1.81. The van der Waals surface area contributed by atoms with Crippen molar-refractivity contribution in [2.45, 2.75) is 25.9 Å². The number of halogens is 1. The summed E-state index contributed by atoms with van der Waals surface area (Å²) in [4.78, 5) is 6.97. The van der Waals surface area contributed by atoms with Crippen LogP contribution in [-0.4, -0.2) is 27.8 Å². The summed E-state index contributed by atoms with van der Waals surface area (Å²) in [6.07, 6.45) is 3.16. The highest BCUT2D eigenvalue weighted by Gasteiger charge is 2.29. The number of nitrogens with zero attached hydrogens (tertiary/aromatic N) is 2. The summed E-state index contributed by atoms with van der Waals surface area (Å²) < 4.78 is 0. The zero-order valence-electron chi connectivity index (χ0n) is 11.2. The Morgan fingerprint density at radius 2 is 2.26 bits per heavy atom. The maximum atomic E-state index is 4.38. The molecule has 2 atom stereocenters. The lowest BCUT2D eigenvalue weighted by molar-refractivity contribution is 0.244. The van der Waals surface area contributed by atoms with Crippen LogP contribution in [0.5, 0.6) is 0 Å². The monoisotopic (exact) mass is 318 g/mol. The molecule has 1 aromatic heterocycles. The molecule has 0 amide bonds. The van der Waals surface area contributed by atoms with E-state index in [1.165, 1.54) is 23.9 Å². The Kier molecular flexibility index (Phi) is 3.85. The first-order valence-corrected chi connectivity index (χ1v) is 8.04. The zero-order chi connectivity index (χ0) is 13.2. The molecule has 0 bridgehead atoms. The summed E-state index contributed by atoms with van der Waals surface area (Å²) in [7, 11) is 0. The fourth-order valence-electron chi connectivity index (χ4n) is 2.99. The van der Waals surface area contributed by atoms with Crippen molar-refractivity contribution < 1.29 is 0 Å². The van der Waals surface area contributed by atoms with Crippen LogP contribution in [0.3, 0.4) is 0 Å². The first kappa shape index (κ1) is 13.1. The number of fused-ring (bicyclic) bond motifs is 1. The lowest BCUT2D eigenvalue weighted by atomic mass is 10.0. The summed E-state index contributed by atoms with van der Waals surface area (Å²) >= 11 is 3.66. The van der Waals surface area contributed by atoms with E-state index in [1.54, 1.807) is 0 Å². The normalized spacial score (nSPS) is 24.1. The van der Waals surface area contributed by atoms with Gasteiger partial charge >= 0.3 is 0 Å². The molecule has 2 aromatic rings. The number of aromatic nitrogens is 1. The van der Waals surface area contributed by atoms with Gasteiger partial charge in [-0.25, -0.2) is 0 Å². The molecule has 1 saturated heterocycles. The van der Waals surface area contributed by atoms with Gasteiger partial charge in [-0.05, 0) is 42.6 Å². The highest BCUT2D eigenvalue weighted by molar-refractivity contribution is 9.09. The second kappa shape index (κ2) is 5.59. The van der Waals surface area contributed by atoms with Crippen molar-refractivity contribution in [3.8, 4) is 0 Å². The molecule has 100 valence electrons. The summed E-state index contributed by atoms with van der Waals surface area (Å²) in [6.45, 7) is 4.62. The van der Waals surface area contributed by atoms with E-state index in [0.29, 0.717) is 6.04 Å². The molecule has 1 aliphatic rings. The lowest BCUT2D eigenvalue weighted by Gasteiger charge is -2.25. The Bertz CT molecular complexity index is 569. The third-order valence-corrected chi connectivity index (χ3v) is 4.87. The SMILES string of the molecule is CC1CCN(Cc2ccc3ncccc3c2)C1CBr. The van der Waals surface area contributed by atoms with Crippen LogP contribution in [-0.2, 0) is 6.54 Å². The van der Waals surface area contributed by atoms with Crippen LogP contribution < -0.4 is 0 Å². The van der Waals surface area contributed by atoms with Crippen molar-refractivity contribution >= 4 is 26.8 Å². The van der Waals surface area contributed by atoms with Crippen molar-refractivity contribution in [2.75, 3.05) is 11.9 Å². The summed E-state index contributed by atoms with van der Waals surface area (Å²) in [6, 6.07) is 11.4. The maximum Gasteiger partial charge on any atom is 0.0702 e. The van der Waals surface area contributed by atoms with E-state index in [4.69, 9.17) is 0 Å². The standard InChI is InChI=1S/C16H19BrN2/c1-12-6-8-19(16(12)10-17)11-13-4-5-15-14(9-13)3-2-7-18-15/h2-5,7,9,12,16H,6,8,10-11H2,1H3. The van der Waals surface area contributed by atoms with Gasteiger partial charge < -0.3 is 0 Å². The van der Waals surface area contributed by atoms with Gasteiger partial charge in [0.2, 0.25) is 0 Å². The number of pyridine rings is 1. The molecular weight excluding hydrogens is 300 g/mol. The smallest absolute Gasteiger partial charge is 0.0702 e. The highest BCUT2D eigenvalue weighted by Crippen LogP contribution is 2.27. The molecule has 0 spiro atoms. The molecule has 1 fully saturated rings. The van der Waals surface area contributed by atoms with Gasteiger partial charge in [-0.15, -0.1) is 0 Å². The molecule has 0 radical (unpaired) electrons. The second-order valence-corrected chi connectivity index (χ2v) is 6.14. The predicted molar refractivity (Wildman–Crippen MR) is 83.5 cm³/mol. The summed E-state index contributed by atoms with van der Waals surface area (Å²) in [5.41, 5.74) is 2.47. The maximum absolute atomic E-state index is 4.38. The number of likely N-dealkylation sites (tertiary alicyclic amines) is 1. The van der Waals surface area contributed by atoms with Gasteiger partial charge in [-0.3, -0.25) is 9.88 Å². The van der Waals surface area contributed by atoms with Gasteiger partial charge in [0.25, 0.3) is 0 Å². The number of rotatable bonds is 3. The van der Waals surface area contributed by atoms with Crippen LogP contribution in [0.15, 0.2) is 36.5 Å². The van der Waals surface area contributed by atoms with Crippen LogP contribution in [0, 0.1) is 5.92 Å². The minimum Gasteiger partial charge on any atom is -0.295 e. The molecule has 0 N–H and O–H groups in total. The van der Waals surface area contributed by atoms with E-state index in [1.807, 2.05) is 12.3 Å². The Morgan fingerprint density at radius 3 is 3.11 bits per heavy atom. The van der Waals surface area contributed by atoms with Crippen LogP contribution in [0.2, 0.25) is 0 Å². The third-order valence-electron chi connectivity index (χ3n) is 4.21. The van der Waals surface area contributed by atoms with Crippen molar-refractivity contribution in [1.82, 2.24) is 9.88 Å². The van der Waals surface area contributed by atoms with E-state index in [-0.39, 0.29) is 0 Å². The third kappa shape index (κ3) is 2.67. The summed E-state index contributed by atoms with van der Waals surface area (Å²) in [5.74, 6) is 0.793. The molecule has 0 aliphatic carbocycles. The Labute approximate surface area is 123 Å². The molecule has 3 heteroatoms. The van der Waals surface area contributed by atoms with E-state index < -0.39 is 0 Å². The Morgan fingerprint density at radius 1 is 1.37 bits per heavy atom. The first-order chi connectivity index (χ1) is 9.28. The molecule has 19 heavy (non-hydrogen) atoms. The Hall–Kier alpha value is -0.930. The minimum atomic E-state index is 0.671. The van der Waals surface area contributed by atoms with Crippen LogP contribution in [0.25, 0.3) is 10.9 Å². The minimum absolute atomic E-state index is 0.671. The molecule has 2 heterocycles. The second-order valence-electron chi connectivity index (χ2n) is 5.49. The lowest BCUT2D eigenvalue weighted by Crippen LogP contribution is -2.32. The summed E-state index contributed by atoms with van der Waals surface area (Å²) in [5, 5.41) is 2.31. The van der Waals surface area contributed by atoms with Crippen LogP contribution in [0.1, 0.15) is 18.9 Å². The quantitative estimate of drug-likeness (QED) is 0.799. The van der Waals surface area contributed by atoms with Gasteiger partial charge in [0, 0.05) is 29.5 Å². The van der Waals surface area contributed by atoms with Gasteiger partial charge in [-0.1, -0.05) is 35.0 Å². The highest BCUT2D eigenvalue weighted by atomic mass is 79.9. The zero-order valence-corrected chi connectivity index (χ0v) is 12.8. The van der Waals surface area contributed by atoms with Crippen molar-refractivity contribution in [1.29, 1.82) is 0 Å². The fraction of sp³-hybridized carbons (Fsp3) is 0.438. The van der Waals surface area contributed by atoms with Gasteiger partial charge in [-0.2, -0.15) is 0 Å². The number of benzene rings is 1. The van der Waals surface area contributed by atoms with E-state index in [9.17, 15) is 0 Å². The molecule has 2 unspecified atom stereocenters. The molecule has 0 saturated carbocycles.